The zero-order valence-corrected chi connectivity index (χ0v) is 12.3. The summed E-state index contributed by atoms with van der Waals surface area (Å²) in [6.45, 7) is 2.78. The first kappa shape index (κ1) is 15.2. The number of rotatable bonds is 7. The maximum Gasteiger partial charge on any atom is 0.167 e. The average Bonchev–Trinajstić information content (AvgIpc) is 2.54. The largest absolute Gasteiger partial charge is 0.497 e. The number of aliphatic hydroxyl groups excluding tert-OH is 1. The van der Waals surface area contributed by atoms with E-state index in [0.29, 0.717) is 24.7 Å². The molecule has 0 aromatic heterocycles. The van der Waals surface area contributed by atoms with Gasteiger partial charge in [-0.15, -0.1) is 0 Å². The second-order valence-electron chi connectivity index (χ2n) is 4.47. The Morgan fingerprint density at radius 2 is 1.76 bits per heavy atom. The molecule has 0 aliphatic heterocycles. The Labute approximate surface area is 124 Å². The Hall–Kier alpha value is -2.20. The minimum atomic E-state index is -0.0845. The van der Waals surface area contributed by atoms with Crippen molar-refractivity contribution in [3.63, 3.8) is 0 Å². The van der Waals surface area contributed by atoms with Crippen molar-refractivity contribution in [3.8, 4) is 17.2 Å². The third-order valence-corrected chi connectivity index (χ3v) is 3.07. The van der Waals surface area contributed by atoms with Gasteiger partial charge in [-0.05, 0) is 30.7 Å². The van der Waals surface area contributed by atoms with E-state index in [1.54, 1.807) is 7.11 Å². The molecule has 2 aromatic carbocycles. The van der Waals surface area contributed by atoms with Gasteiger partial charge in [-0.2, -0.15) is 0 Å². The minimum absolute atomic E-state index is 0.0845. The molecular formula is C17H20O4. The first-order chi connectivity index (χ1) is 10.3. The van der Waals surface area contributed by atoms with Crippen LogP contribution < -0.4 is 14.2 Å². The summed E-state index contributed by atoms with van der Waals surface area (Å²) in [5, 5.41) is 9.42. The van der Waals surface area contributed by atoms with Crippen LogP contribution in [0.1, 0.15) is 18.1 Å². The van der Waals surface area contributed by atoms with E-state index in [1.165, 1.54) is 0 Å². The monoisotopic (exact) mass is 288 g/mol. The second-order valence-corrected chi connectivity index (χ2v) is 4.47. The van der Waals surface area contributed by atoms with Gasteiger partial charge >= 0.3 is 0 Å². The van der Waals surface area contributed by atoms with E-state index in [-0.39, 0.29) is 6.61 Å². The minimum Gasteiger partial charge on any atom is -0.497 e. The number of para-hydroxylation sites is 1. The summed E-state index contributed by atoms with van der Waals surface area (Å²) >= 11 is 0. The molecule has 2 aromatic rings. The molecule has 0 radical (unpaired) electrons. The highest BCUT2D eigenvalue weighted by Gasteiger charge is 2.10. The number of aliphatic hydroxyl groups is 1. The van der Waals surface area contributed by atoms with Crippen molar-refractivity contribution in [1.82, 2.24) is 0 Å². The van der Waals surface area contributed by atoms with Gasteiger partial charge in [0.05, 0.1) is 20.3 Å². The van der Waals surface area contributed by atoms with Crippen LogP contribution in [0.15, 0.2) is 42.5 Å². The van der Waals surface area contributed by atoms with Gasteiger partial charge in [0.25, 0.3) is 0 Å². The van der Waals surface area contributed by atoms with E-state index in [1.807, 2.05) is 49.4 Å². The molecule has 4 nitrogen and oxygen atoms in total. The number of benzene rings is 2. The first-order valence-corrected chi connectivity index (χ1v) is 6.89. The van der Waals surface area contributed by atoms with Gasteiger partial charge in [-0.25, -0.2) is 0 Å². The molecule has 0 saturated heterocycles. The smallest absolute Gasteiger partial charge is 0.167 e. The predicted octanol–water partition coefficient (Wildman–Crippen LogP) is 3.17. The standard InChI is InChI=1S/C17H20O4/c1-3-20-16-6-4-5-14(11-18)17(16)21-12-13-7-9-15(19-2)10-8-13/h4-10,18H,3,11-12H2,1-2H3. The van der Waals surface area contributed by atoms with Gasteiger partial charge in [0.2, 0.25) is 0 Å². The Kier molecular flexibility index (Phi) is 5.46. The summed E-state index contributed by atoms with van der Waals surface area (Å²) in [6.07, 6.45) is 0. The molecule has 0 aliphatic rings. The molecule has 0 bridgehead atoms. The summed E-state index contributed by atoms with van der Waals surface area (Å²) in [4.78, 5) is 0. The summed E-state index contributed by atoms with van der Waals surface area (Å²) in [7, 11) is 1.64. The highest BCUT2D eigenvalue weighted by molar-refractivity contribution is 5.46. The second kappa shape index (κ2) is 7.55. The first-order valence-electron chi connectivity index (χ1n) is 6.89. The molecule has 112 valence electrons. The van der Waals surface area contributed by atoms with E-state index in [0.717, 1.165) is 16.9 Å². The zero-order chi connectivity index (χ0) is 15.1. The van der Waals surface area contributed by atoms with Crippen molar-refractivity contribution in [3.05, 3.63) is 53.6 Å². The van der Waals surface area contributed by atoms with E-state index < -0.39 is 0 Å². The topological polar surface area (TPSA) is 47.9 Å². The van der Waals surface area contributed by atoms with Gasteiger partial charge < -0.3 is 19.3 Å². The third kappa shape index (κ3) is 3.89. The molecule has 21 heavy (non-hydrogen) atoms. The van der Waals surface area contributed by atoms with Crippen LogP contribution >= 0.6 is 0 Å². The van der Waals surface area contributed by atoms with Crippen molar-refractivity contribution >= 4 is 0 Å². The van der Waals surface area contributed by atoms with Crippen LogP contribution in [0.2, 0.25) is 0 Å². The van der Waals surface area contributed by atoms with Crippen LogP contribution in [-0.2, 0) is 13.2 Å². The summed E-state index contributed by atoms with van der Waals surface area (Å²) in [5.74, 6) is 2.06. The molecule has 0 spiro atoms. The summed E-state index contributed by atoms with van der Waals surface area (Å²) in [6, 6.07) is 13.2. The zero-order valence-electron chi connectivity index (χ0n) is 12.3. The molecule has 0 atom stereocenters. The number of methoxy groups -OCH3 is 1. The Bertz CT molecular complexity index is 564. The van der Waals surface area contributed by atoms with Crippen LogP contribution in [0.4, 0.5) is 0 Å². The summed E-state index contributed by atoms with van der Waals surface area (Å²) in [5.41, 5.74) is 1.74. The molecule has 0 unspecified atom stereocenters. The van der Waals surface area contributed by atoms with Gasteiger partial charge in [-0.3, -0.25) is 0 Å². The SMILES string of the molecule is CCOc1cccc(CO)c1OCc1ccc(OC)cc1. The fourth-order valence-electron chi connectivity index (χ4n) is 2.00. The Morgan fingerprint density at radius 1 is 1.00 bits per heavy atom. The lowest BCUT2D eigenvalue weighted by molar-refractivity contribution is 0.243. The van der Waals surface area contributed by atoms with E-state index in [4.69, 9.17) is 14.2 Å². The molecule has 0 fully saturated rings. The van der Waals surface area contributed by atoms with Crippen molar-refractivity contribution in [1.29, 1.82) is 0 Å². The Morgan fingerprint density at radius 3 is 2.38 bits per heavy atom. The lowest BCUT2D eigenvalue weighted by Crippen LogP contribution is -2.02. The quantitative estimate of drug-likeness (QED) is 0.850. The fourth-order valence-corrected chi connectivity index (χ4v) is 2.00. The predicted molar refractivity (Wildman–Crippen MR) is 80.9 cm³/mol. The van der Waals surface area contributed by atoms with Crippen LogP contribution in [0, 0.1) is 0 Å². The van der Waals surface area contributed by atoms with Crippen molar-refractivity contribution in [2.24, 2.45) is 0 Å². The number of hydrogen-bond donors (Lipinski definition) is 1. The molecule has 0 aliphatic carbocycles. The molecule has 1 N–H and O–H groups in total. The molecular weight excluding hydrogens is 268 g/mol. The number of ether oxygens (including phenoxy) is 3. The maximum absolute atomic E-state index is 9.42. The molecule has 0 amide bonds. The Balaban J connectivity index is 2.13. The summed E-state index contributed by atoms with van der Waals surface area (Å²) < 4.78 is 16.5. The lowest BCUT2D eigenvalue weighted by Gasteiger charge is -2.15. The molecule has 2 rings (SSSR count). The molecule has 4 heteroatoms. The fraction of sp³-hybridized carbons (Fsp3) is 0.294. The highest BCUT2D eigenvalue weighted by Crippen LogP contribution is 2.32. The van der Waals surface area contributed by atoms with E-state index in [2.05, 4.69) is 0 Å². The van der Waals surface area contributed by atoms with Crippen LogP contribution in [0.5, 0.6) is 17.2 Å². The number of hydrogen-bond acceptors (Lipinski definition) is 4. The molecule has 0 heterocycles. The van der Waals surface area contributed by atoms with Crippen molar-refractivity contribution < 1.29 is 19.3 Å². The van der Waals surface area contributed by atoms with Gasteiger partial charge in [0.15, 0.2) is 11.5 Å². The van der Waals surface area contributed by atoms with E-state index >= 15 is 0 Å². The van der Waals surface area contributed by atoms with Crippen molar-refractivity contribution in [2.75, 3.05) is 13.7 Å². The van der Waals surface area contributed by atoms with Crippen molar-refractivity contribution in [2.45, 2.75) is 20.1 Å². The van der Waals surface area contributed by atoms with Crippen LogP contribution in [0.3, 0.4) is 0 Å². The maximum atomic E-state index is 9.42. The average molecular weight is 288 g/mol. The van der Waals surface area contributed by atoms with Gasteiger partial charge in [0, 0.05) is 5.56 Å². The van der Waals surface area contributed by atoms with Gasteiger partial charge in [-0.1, -0.05) is 24.3 Å². The van der Waals surface area contributed by atoms with Crippen LogP contribution in [0.25, 0.3) is 0 Å². The van der Waals surface area contributed by atoms with Gasteiger partial charge in [0.1, 0.15) is 12.4 Å². The lowest BCUT2D eigenvalue weighted by atomic mass is 10.2. The molecule has 0 saturated carbocycles. The normalized spacial score (nSPS) is 10.2. The van der Waals surface area contributed by atoms with E-state index in [9.17, 15) is 5.11 Å². The van der Waals surface area contributed by atoms with Crippen LogP contribution in [-0.4, -0.2) is 18.8 Å². The highest BCUT2D eigenvalue weighted by atomic mass is 16.5. The third-order valence-electron chi connectivity index (χ3n) is 3.07.